The van der Waals surface area contributed by atoms with Crippen molar-refractivity contribution in [1.29, 1.82) is 0 Å². The van der Waals surface area contributed by atoms with Crippen LogP contribution in [0, 0.1) is 0 Å². The lowest BCUT2D eigenvalue weighted by Crippen LogP contribution is -2.40. The molecule has 1 aromatic carbocycles. The van der Waals surface area contributed by atoms with Gasteiger partial charge >= 0.3 is 0 Å². The van der Waals surface area contributed by atoms with Crippen molar-refractivity contribution in [2.75, 3.05) is 13.1 Å². The topological polar surface area (TPSA) is 29.0 Å². The van der Waals surface area contributed by atoms with Crippen LogP contribution in [0.5, 0.6) is 0 Å². The summed E-state index contributed by atoms with van der Waals surface area (Å²) in [4.78, 5) is 11.5. The molecule has 1 aromatic heterocycles. The normalized spacial score (nSPS) is 17.3. The molecule has 0 saturated heterocycles. The standard InChI is InChI=1S/C20H27N3/c1-3-12-23(13-4-2)17-9-8-16-6-5-7-18(19(16)14-17)20-15-21-10-11-22-20/h5-7,10-11,15,17H,3-4,8-9,12-14H2,1-2H3. The monoisotopic (exact) mass is 309 g/mol. The average molecular weight is 309 g/mol. The van der Waals surface area contributed by atoms with Crippen molar-refractivity contribution < 1.29 is 0 Å². The zero-order chi connectivity index (χ0) is 16.1. The molecular formula is C20H27N3. The quantitative estimate of drug-likeness (QED) is 0.803. The summed E-state index contributed by atoms with van der Waals surface area (Å²) in [5, 5.41) is 0. The predicted octanol–water partition coefficient (Wildman–Crippen LogP) is 4.12. The Labute approximate surface area is 139 Å². The zero-order valence-corrected chi connectivity index (χ0v) is 14.3. The number of rotatable bonds is 6. The van der Waals surface area contributed by atoms with E-state index in [1.807, 2.05) is 6.20 Å². The summed E-state index contributed by atoms with van der Waals surface area (Å²) >= 11 is 0. The average Bonchev–Trinajstić information content (AvgIpc) is 2.61. The van der Waals surface area contributed by atoms with Gasteiger partial charge in [0.05, 0.1) is 11.9 Å². The maximum atomic E-state index is 4.52. The number of benzene rings is 1. The van der Waals surface area contributed by atoms with Gasteiger partial charge in [-0.15, -0.1) is 0 Å². The maximum absolute atomic E-state index is 4.52. The molecule has 1 heterocycles. The van der Waals surface area contributed by atoms with E-state index in [1.165, 1.54) is 55.5 Å². The first-order valence-electron chi connectivity index (χ1n) is 8.94. The van der Waals surface area contributed by atoms with Crippen LogP contribution in [-0.4, -0.2) is 34.0 Å². The fourth-order valence-electron chi connectivity index (χ4n) is 3.81. The first kappa shape index (κ1) is 16.1. The molecule has 1 aliphatic carbocycles. The van der Waals surface area contributed by atoms with Gasteiger partial charge in [-0.05, 0) is 56.3 Å². The van der Waals surface area contributed by atoms with Crippen molar-refractivity contribution in [2.24, 2.45) is 0 Å². The van der Waals surface area contributed by atoms with Gasteiger partial charge in [0, 0.05) is 24.0 Å². The van der Waals surface area contributed by atoms with E-state index in [2.05, 4.69) is 46.9 Å². The van der Waals surface area contributed by atoms with E-state index in [0.717, 1.165) is 12.1 Å². The summed E-state index contributed by atoms with van der Waals surface area (Å²) in [5.74, 6) is 0. The van der Waals surface area contributed by atoms with Gasteiger partial charge in [-0.2, -0.15) is 0 Å². The molecule has 0 aliphatic heterocycles. The zero-order valence-electron chi connectivity index (χ0n) is 14.3. The molecule has 122 valence electrons. The van der Waals surface area contributed by atoms with Gasteiger partial charge in [0.2, 0.25) is 0 Å². The highest BCUT2D eigenvalue weighted by molar-refractivity contribution is 5.65. The van der Waals surface area contributed by atoms with Gasteiger partial charge in [-0.3, -0.25) is 9.97 Å². The minimum atomic E-state index is 0.667. The molecule has 2 aromatic rings. The fraction of sp³-hybridized carbons (Fsp3) is 0.500. The molecule has 0 bridgehead atoms. The lowest BCUT2D eigenvalue weighted by molar-refractivity contribution is 0.180. The third-order valence-corrected chi connectivity index (χ3v) is 4.84. The van der Waals surface area contributed by atoms with Crippen LogP contribution >= 0.6 is 0 Å². The number of hydrogen-bond acceptors (Lipinski definition) is 3. The van der Waals surface area contributed by atoms with E-state index >= 15 is 0 Å². The van der Waals surface area contributed by atoms with Crippen molar-refractivity contribution in [3.8, 4) is 11.3 Å². The summed E-state index contributed by atoms with van der Waals surface area (Å²) in [6.07, 6.45) is 11.5. The molecule has 0 radical (unpaired) electrons. The predicted molar refractivity (Wildman–Crippen MR) is 95.4 cm³/mol. The highest BCUT2D eigenvalue weighted by atomic mass is 15.1. The Hall–Kier alpha value is -1.74. The Balaban J connectivity index is 1.90. The van der Waals surface area contributed by atoms with E-state index in [-0.39, 0.29) is 0 Å². The highest BCUT2D eigenvalue weighted by Gasteiger charge is 2.25. The minimum Gasteiger partial charge on any atom is -0.300 e. The third kappa shape index (κ3) is 3.61. The van der Waals surface area contributed by atoms with Gasteiger partial charge in [-0.1, -0.05) is 32.0 Å². The first-order chi connectivity index (χ1) is 11.3. The molecule has 0 spiro atoms. The van der Waals surface area contributed by atoms with Crippen LogP contribution in [0.3, 0.4) is 0 Å². The number of nitrogens with zero attached hydrogens (tertiary/aromatic N) is 3. The summed E-state index contributed by atoms with van der Waals surface area (Å²) in [5.41, 5.74) is 5.26. The summed E-state index contributed by atoms with van der Waals surface area (Å²) < 4.78 is 0. The van der Waals surface area contributed by atoms with Crippen molar-refractivity contribution in [3.05, 3.63) is 47.9 Å². The van der Waals surface area contributed by atoms with Crippen molar-refractivity contribution >= 4 is 0 Å². The number of fused-ring (bicyclic) bond motifs is 1. The van der Waals surface area contributed by atoms with Gasteiger partial charge in [0.25, 0.3) is 0 Å². The van der Waals surface area contributed by atoms with Gasteiger partial charge < -0.3 is 4.90 Å². The summed E-state index contributed by atoms with van der Waals surface area (Å²) in [6.45, 7) is 6.98. The minimum absolute atomic E-state index is 0.667. The maximum Gasteiger partial charge on any atom is 0.0888 e. The Morgan fingerprint density at radius 2 is 1.96 bits per heavy atom. The summed E-state index contributed by atoms with van der Waals surface area (Å²) in [6, 6.07) is 7.32. The second kappa shape index (κ2) is 7.69. The van der Waals surface area contributed by atoms with Crippen molar-refractivity contribution in [2.45, 2.75) is 52.0 Å². The van der Waals surface area contributed by atoms with Crippen LogP contribution in [-0.2, 0) is 12.8 Å². The van der Waals surface area contributed by atoms with E-state index in [1.54, 1.807) is 12.4 Å². The molecule has 3 heteroatoms. The van der Waals surface area contributed by atoms with Crippen LogP contribution in [0.4, 0.5) is 0 Å². The Bertz CT molecular complexity index is 618. The second-order valence-electron chi connectivity index (χ2n) is 6.47. The second-order valence-corrected chi connectivity index (χ2v) is 6.47. The Morgan fingerprint density at radius 3 is 2.65 bits per heavy atom. The third-order valence-electron chi connectivity index (χ3n) is 4.84. The molecule has 0 N–H and O–H groups in total. The molecule has 1 atom stereocenters. The Kier molecular flexibility index (Phi) is 5.39. The van der Waals surface area contributed by atoms with Crippen LogP contribution in [0.2, 0.25) is 0 Å². The lowest BCUT2D eigenvalue weighted by Gasteiger charge is -2.35. The molecule has 0 saturated carbocycles. The van der Waals surface area contributed by atoms with E-state index in [9.17, 15) is 0 Å². The first-order valence-corrected chi connectivity index (χ1v) is 8.94. The molecule has 0 fully saturated rings. The highest BCUT2D eigenvalue weighted by Crippen LogP contribution is 2.32. The Morgan fingerprint density at radius 1 is 1.13 bits per heavy atom. The van der Waals surface area contributed by atoms with Gasteiger partial charge in [0.1, 0.15) is 0 Å². The van der Waals surface area contributed by atoms with Gasteiger partial charge in [-0.25, -0.2) is 0 Å². The van der Waals surface area contributed by atoms with Crippen molar-refractivity contribution in [3.63, 3.8) is 0 Å². The van der Waals surface area contributed by atoms with Crippen LogP contribution in [0.15, 0.2) is 36.8 Å². The van der Waals surface area contributed by atoms with Crippen LogP contribution < -0.4 is 0 Å². The van der Waals surface area contributed by atoms with Gasteiger partial charge in [0.15, 0.2) is 0 Å². The smallest absolute Gasteiger partial charge is 0.0888 e. The molecule has 3 nitrogen and oxygen atoms in total. The van der Waals surface area contributed by atoms with E-state index in [4.69, 9.17) is 0 Å². The number of hydrogen-bond donors (Lipinski definition) is 0. The fourth-order valence-corrected chi connectivity index (χ4v) is 3.81. The van der Waals surface area contributed by atoms with Crippen LogP contribution in [0.25, 0.3) is 11.3 Å². The van der Waals surface area contributed by atoms with Crippen molar-refractivity contribution in [1.82, 2.24) is 14.9 Å². The number of aromatic nitrogens is 2. The SMILES string of the molecule is CCCN(CCC)C1CCc2cccc(-c3cnccn3)c2C1. The van der Waals surface area contributed by atoms with E-state index < -0.39 is 0 Å². The number of aryl methyl sites for hydroxylation is 1. The molecule has 23 heavy (non-hydrogen) atoms. The van der Waals surface area contributed by atoms with Crippen LogP contribution in [0.1, 0.15) is 44.2 Å². The molecule has 1 unspecified atom stereocenters. The summed E-state index contributed by atoms with van der Waals surface area (Å²) in [7, 11) is 0. The lowest BCUT2D eigenvalue weighted by atomic mass is 9.84. The molecule has 0 amide bonds. The molecule has 1 aliphatic rings. The largest absolute Gasteiger partial charge is 0.300 e. The molecular weight excluding hydrogens is 282 g/mol. The van der Waals surface area contributed by atoms with E-state index in [0.29, 0.717) is 6.04 Å². The molecule has 3 rings (SSSR count).